The van der Waals surface area contributed by atoms with Gasteiger partial charge in [0, 0.05) is 26.2 Å². The molecule has 2 atom stereocenters. The number of hydrogen-bond acceptors (Lipinski definition) is 8. The average molecular weight is 342 g/mol. The molecular weight excluding hydrogens is 320 g/mol. The number of amides is 1. The lowest BCUT2D eigenvalue weighted by Gasteiger charge is -2.34. The van der Waals surface area contributed by atoms with Crippen LogP contribution in [0.5, 0.6) is 5.88 Å². The van der Waals surface area contributed by atoms with E-state index in [2.05, 4.69) is 13.6 Å². The molecule has 0 spiro atoms. The molecule has 128 valence electrons. The van der Waals surface area contributed by atoms with Crippen LogP contribution in [0.3, 0.4) is 0 Å². The van der Waals surface area contributed by atoms with Crippen LogP contribution in [0.25, 0.3) is 0 Å². The monoisotopic (exact) mass is 342 g/mol. The van der Waals surface area contributed by atoms with E-state index in [1.807, 2.05) is 6.92 Å². The molecule has 2 aliphatic rings. The van der Waals surface area contributed by atoms with Crippen molar-refractivity contribution in [3.63, 3.8) is 0 Å². The number of hydrogen-bond donors (Lipinski definition) is 1. The van der Waals surface area contributed by atoms with Crippen LogP contribution in [0, 0.1) is 5.92 Å². The van der Waals surface area contributed by atoms with Crippen molar-refractivity contribution in [3.8, 4) is 5.88 Å². The Morgan fingerprint density at radius 1 is 1.39 bits per heavy atom. The van der Waals surface area contributed by atoms with Gasteiger partial charge in [0.1, 0.15) is 0 Å². The first-order chi connectivity index (χ1) is 11.1. The molecule has 0 unspecified atom stereocenters. The van der Waals surface area contributed by atoms with Gasteiger partial charge in [0.05, 0.1) is 31.0 Å². The fraction of sp³-hybridized carbons (Fsp3) is 0.786. The Bertz CT molecular complexity index is 525. The number of rotatable bonds is 4. The van der Waals surface area contributed by atoms with E-state index in [0.717, 1.165) is 31.2 Å². The third-order valence-electron chi connectivity index (χ3n) is 4.08. The van der Waals surface area contributed by atoms with Crippen molar-refractivity contribution in [2.24, 2.45) is 5.92 Å². The van der Waals surface area contributed by atoms with Gasteiger partial charge in [-0.25, -0.2) is 0 Å². The number of aliphatic hydroxyl groups is 1. The van der Waals surface area contributed by atoms with Crippen LogP contribution >= 0.6 is 11.7 Å². The molecule has 1 aromatic heterocycles. The average Bonchev–Trinajstić information content (AvgIpc) is 3.01. The zero-order valence-corrected chi connectivity index (χ0v) is 14.0. The molecule has 0 aliphatic carbocycles. The van der Waals surface area contributed by atoms with E-state index in [4.69, 9.17) is 9.47 Å². The summed E-state index contributed by atoms with van der Waals surface area (Å²) in [7, 11) is 0. The van der Waals surface area contributed by atoms with E-state index < -0.39 is 6.10 Å². The quantitative estimate of drug-likeness (QED) is 0.823. The van der Waals surface area contributed by atoms with E-state index in [1.165, 1.54) is 0 Å². The standard InChI is InChI=1S/C14H22N4O4S/c1-10-6-11(19)8-18(7-10)12(20)9-22-14-13(15-23-16-14)17-2-4-21-5-3-17/h10-11,19H,2-9H2,1H3/t10-,11+/m1/s1. The summed E-state index contributed by atoms with van der Waals surface area (Å²) in [6, 6.07) is 0. The molecule has 0 radical (unpaired) electrons. The van der Waals surface area contributed by atoms with E-state index >= 15 is 0 Å². The maximum absolute atomic E-state index is 12.3. The van der Waals surface area contributed by atoms with Gasteiger partial charge in [-0.05, 0) is 12.3 Å². The normalized spacial score (nSPS) is 25.5. The number of carbonyl (C=O) groups is 1. The Kier molecular flexibility index (Phi) is 5.29. The molecule has 1 aromatic rings. The molecule has 0 bridgehead atoms. The fourth-order valence-electron chi connectivity index (χ4n) is 2.98. The number of morpholine rings is 1. The van der Waals surface area contributed by atoms with Gasteiger partial charge >= 0.3 is 0 Å². The zero-order chi connectivity index (χ0) is 16.2. The zero-order valence-electron chi connectivity index (χ0n) is 13.2. The Hall–Kier alpha value is -1.45. The smallest absolute Gasteiger partial charge is 0.271 e. The third kappa shape index (κ3) is 4.10. The predicted molar refractivity (Wildman–Crippen MR) is 84.8 cm³/mol. The highest BCUT2D eigenvalue weighted by molar-refractivity contribution is 6.99. The van der Waals surface area contributed by atoms with Gasteiger partial charge in [-0.2, -0.15) is 4.37 Å². The van der Waals surface area contributed by atoms with Crippen LogP contribution in [0.1, 0.15) is 13.3 Å². The van der Waals surface area contributed by atoms with Gasteiger partial charge in [-0.1, -0.05) is 6.92 Å². The maximum Gasteiger partial charge on any atom is 0.271 e. The van der Waals surface area contributed by atoms with Gasteiger partial charge in [-0.3, -0.25) is 4.79 Å². The molecule has 9 heteroatoms. The van der Waals surface area contributed by atoms with Crippen molar-refractivity contribution in [1.82, 2.24) is 13.6 Å². The molecule has 3 heterocycles. The summed E-state index contributed by atoms with van der Waals surface area (Å²) in [5.74, 6) is 1.25. The van der Waals surface area contributed by atoms with Gasteiger partial charge in [0.25, 0.3) is 11.8 Å². The minimum absolute atomic E-state index is 0.0812. The Morgan fingerprint density at radius 3 is 2.91 bits per heavy atom. The summed E-state index contributed by atoms with van der Waals surface area (Å²) in [6.07, 6.45) is 0.287. The van der Waals surface area contributed by atoms with E-state index in [0.29, 0.717) is 43.9 Å². The number of aliphatic hydroxyl groups excluding tert-OH is 1. The first-order valence-electron chi connectivity index (χ1n) is 7.87. The second-order valence-electron chi connectivity index (χ2n) is 6.07. The van der Waals surface area contributed by atoms with Crippen LogP contribution in [0.15, 0.2) is 0 Å². The largest absolute Gasteiger partial charge is 0.464 e. The highest BCUT2D eigenvalue weighted by atomic mass is 32.1. The number of nitrogens with zero attached hydrogens (tertiary/aromatic N) is 4. The molecule has 2 fully saturated rings. The van der Waals surface area contributed by atoms with Gasteiger partial charge < -0.3 is 24.4 Å². The fourth-order valence-corrected chi connectivity index (χ4v) is 3.50. The van der Waals surface area contributed by atoms with Crippen molar-refractivity contribution in [1.29, 1.82) is 0 Å². The van der Waals surface area contributed by atoms with Crippen molar-refractivity contribution < 1.29 is 19.4 Å². The molecule has 23 heavy (non-hydrogen) atoms. The summed E-state index contributed by atoms with van der Waals surface area (Å²) in [5.41, 5.74) is 0. The number of carbonyl (C=O) groups excluding carboxylic acids is 1. The predicted octanol–water partition coefficient (Wildman–Crippen LogP) is -0.0172. The molecule has 0 aromatic carbocycles. The molecule has 2 aliphatic heterocycles. The molecule has 1 N–H and O–H groups in total. The second kappa shape index (κ2) is 7.41. The van der Waals surface area contributed by atoms with Gasteiger partial charge in [-0.15, -0.1) is 4.37 Å². The van der Waals surface area contributed by atoms with Crippen LogP contribution in [-0.4, -0.2) is 76.8 Å². The third-order valence-corrected chi connectivity index (χ3v) is 4.58. The first-order valence-corrected chi connectivity index (χ1v) is 8.60. The van der Waals surface area contributed by atoms with Gasteiger partial charge in [0.15, 0.2) is 6.61 Å². The van der Waals surface area contributed by atoms with E-state index in [1.54, 1.807) is 4.90 Å². The molecule has 0 saturated carbocycles. The molecule has 1 amide bonds. The van der Waals surface area contributed by atoms with Crippen molar-refractivity contribution >= 4 is 23.5 Å². The number of piperidine rings is 1. The lowest BCUT2D eigenvalue weighted by Crippen LogP contribution is -2.47. The van der Waals surface area contributed by atoms with Crippen LogP contribution in [0.4, 0.5) is 5.82 Å². The van der Waals surface area contributed by atoms with Crippen molar-refractivity contribution in [2.45, 2.75) is 19.4 Å². The topological polar surface area (TPSA) is 88.0 Å². The highest BCUT2D eigenvalue weighted by Crippen LogP contribution is 2.26. The molecule has 8 nitrogen and oxygen atoms in total. The van der Waals surface area contributed by atoms with Crippen molar-refractivity contribution in [3.05, 3.63) is 0 Å². The number of ether oxygens (including phenoxy) is 2. The number of β-amino-alcohol motifs (C(OH)–C–C–N with tert-alkyl or cyclic N) is 1. The van der Waals surface area contributed by atoms with Crippen LogP contribution in [-0.2, 0) is 9.53 Å². The highest BCUT2D eigenvalue weighted by Gasteiger charge is 2.27. The first kappa shape index (κ1) is 16.4. The summed E-state index contributed by atoms with van der Waals surface area (Å²) in [6.45, 7) is 5.77. The number of anilines is 1. The molecule has 3 rings (SSSR count). The lowest BCUT2D eigenvalue weighted by atomic mass is 9.98. The second-order valence-corrected chi connectivity index (χ2v) is 6.60. The molecular formula is C14H22N4O4S. The Balaban J connectivity index is 1.56. The summed E-state index contributed by atoms with van der Waals surface area (Å²) < 4.78 is 19.3. The van der Waals surface area contributed by atoms with E-state index in [9.17, 15) is 9.90 Å². The SMILES string of the molecule is C[C@@H]1C[C@H](O)CN(C(=O)COc2nsnc2N2CCOCC2)C1. The Labute approximate surface area is 139 Å². The Morgan fingerprint density at radius 2 is 2.17 bits per heavy atom. The van der Waals surface area contributed by atoms with Crippen LogP contribution < -0.4 is 9.64 Å². The molecule has 2 saturated heterocycles. The van der Waals surface area contributed by atoms with Gasteiger partial charge in [0.2, 0.25) is 5.82 Å². The minimum atomic E-state index is -0.451. The van der Waals surface area contributed by atoms with Crippen LogP contribution in [0.2, 0.25) is 0 Å². The van der Waals surface area contributed by atoms with Crippen molar-refractivity contribution in [2.75, 3.05) is 50.9 Å². The number of aromatic nitrogens is 2. The summed E-state index contributed by atoms with van der Waals surface area (Å²) in [4.78, 5) is 16.0. The van der Waals surface area contributed by atoms with E-state index in [-0.39, 0.29) is 12.5 Å². The minimum Gasteiger partial charge on any atom is -0.464 e. The number of likely N-dealkylation sites (tertiary alicyclic amines) is 1. The lowest BCUT2D eigenvalue weighted by molar-refractivity contribution is -0.137. The maximum atomic E-state index is 12.3. The summed E-state index contributed by atoms with van der Waals surface area (Å²) >= 11 is 1.08. The summed E-state index contributed by atoms with van der Waals surface area (Å²) in [5, 5.41) is 9.79.